The zero-order valence-electron chi connectivity index (χ0n) is 12.1. The summed E-state index contributed by atoms with van der Waals surface area (Å²) in [6.45, 7) is 0. The van der Waals surface area contributed by atoms with E-state index in [1.54, 1.807) is 25.2 Å². The second-order valence-corrected chi connectivity index (χ2v) is 5.15. The number of nitrogens with one attached hydrogen (secondary N) is 1. The summed E-state index contributed by atoms with van der Waals surface area (Å²) < 4.78 is 19.7. The molecule has 114 valence electrons. The minimum Gasteiger partial charge on any atom is -0.334 e. The Morgan fingerprint density at radius 2 is 1.87 bits per heavy atom. The van der Waals surface area contributed by atoms with Gasteiger partial charge in [-0.05, 0) is 42.5 Å². The van der Waals surface area contributed by atoms with Crippen molar-refractivity contribution in [1.29, 1.82) is 0 Å². The van der Waals surface area contributed by atoms with Gasteiger partial charge in [-0.15, -0.1) is 0 Å². The number of imidazole rings is 1. The largest absolute Gasteiger partial charge is 0.334 e. The van der Waals surface area contributed by atoms with Crippen molar-refractivity contribution < 1.29 is 8.91 Å². The number of fused-ring (bicyclic) bond motifs is 1. The highest BCUT2D eigenvalue weighted by molar-refractivity contribution is 5.80. The predicted octanol–water partition coefficient (Wildman–Crippen LogP) is 2.72. The molecule has 0 saturated heterocycles. The summed E-state index contributed by atoms with van der Waals surface area (Å²) in [5.41, 5.74) is 2.66. The first-order valence-electron chi connectivity index (χ1n) is 6.90. The molecule has 2 aromatic heterocycles. The number of aryl methyl sites for hydroxylation is 1. The van der Waals surface area contributed by atoms with Crippen molar-refractivity contribution in [3.05, 3.63) is 58.8 Å². The Morgan fingerprint density at radius 1 is 1.13 bits per heavy atom. The first kappa shape index (κ1) is 13.4. The number of aromatic amines is 1. The van der Waals surface area contributed by atoms with E-state index in [0.29, 0.717) is 22.8 Å². The molecule has 7 heteroatoms. The van der Waals surface area contributed by atoms with E-state index in [1.807, 2.05) is 12.1 Å². The van der Waals surface area contributed by atoms with Crippen LogP contribution in [0.1, 0.15) is 0 Å². The van der Waals surface area contributed by atoms with Crippen LogP contribution < -0.4 is 5.69 Å². The molecule has 0 aliphatic carbocycles. The van der Waals surface area contributed by atoms with Crippen molar-refractivity contribution in [2.75, 3.05) is 0 Å². The number of halogens is 1. The Bertz CT molecular complexity index is 1060. The van der Waals surface area contributed by atoms with Crippen LogP contribution in [0.3, 0.4) is 0 Å². The summed E-state index contributed by atoms with van der Waals surface area (Å²) >= 11 is 0. The third-order valence-corrected chi connectivity index (χ3v) is 3.68. The fourth-order valence-electron chi connectivity index (χ4n) is 2.43. The van der Waals surface area contributed by atoms with Crippen LogP contribution in [0.25, 0.3) is 33.9 Å². The topological polar surface area (TPSA) is 76.7 Å². The van der Waals surface area contributed by atoms with Gasteiger partial charge in [0.05, 0.1) is 11.0 Å². The maximum Gasteiger partial charge on any atom is 0.326 e. The summed E-state index contributed by atoms with van der Waals surface area (Å²) in [7, 11) is 1.70. The van der Waals surface area contributed by atoms with Crippen molar-refractivity contribution >= 4 is 11.0 Å². The van der Waals surface area contributed by atoms with E-state index in [-0.39, 0.29) is 11.5 Å². The molecule has 0 atom stereocenters. The molecule has 0 aliphatic heterocycles. The van der Waals surface area contributed by atoms with Gasteiger partial charge >= 0.3 is 5.69 Å². The molecule has 0 saturated carbocycles. The highest BCUT2D eigenvalue weighted by Crippen LogP contribution is 2.24. The molecule has 0 aliphatic rings. The zero-order valence-corrected chi connectivity index (χ0v) is 12.1. The molecule has 4 aromatic rings. The zero-order chi connectivity index (χ0) is 16.0. The first-order valence-corrected chi connectivity index (χ1v) is 6.90. The van der Waals surface area contributed by atoms with E-state index in [9.17, 15) is 9.18 Å². The Balaban J connectivity index is 1.76. The van der Waals surface area contributed by atoms with Gasteiger partial charge in [0.15, 0.2) is 0 Å². The molecule has 0 bridgehead atoms. The van der Waals surface area contributed by atoms with Crippen LogP contribution in [0, 0.1) is 5.82 Å². The maximum atomic E-state index is 13.0. The molecule has 2 heterocycles. The van der Waals surface area contributed by atoms with Crippen LogP contribution >= 0.6 is 0 Å². The monoisotopic (exact) mass is 310 g/mol. The van der Waals surface area contributed by atoms with Crippen LogP contribution in [-0.2, 0) is 7.05 Å². The lowest BCUT2D eigenvalue weighted by molar-refractivity contribution is 0.432. The molecule has 1 N–H and O–H groups in total. The number of H-pyrrole nitrogens is 1. The SMILES string of the molecule is Cn1c(=O)[nH]c2cc(-c3noc(-c4ccc(F)cc4)n3)ccc21. The third kappa shape index (κ3) is 2.22. The molecule has 4 rings (SSSR count). The fourth-order valence-corrected chi connectivity index (χ4v) is 2.43. The van der Waals surface area contributed by atoms with E-state index in [4.69, 9.17) is 4.52 Å². The predicted molar refractivity (Wildman–Crippen MR) is 82.2 cm³/mol. The Morgan fingerprint density at radius 3 is 2.65 bits per heavy atom. The van der Waals surface area contributed by atoms with Crippen molar-refractivity contribution in [2.24, 2.45) is 7.05 Å². The smallest absolute Gasteiger partial charge is 0.326 e. The summed E-state index contributed by atoms with van der Waals surface area (Å²) in [5, 5.41) is 3.94. The minimum atomic E-state index is -0.327. The van der Waals surface area contributed by atoms with Crippen LogP contribution in [0.4, 0.5) is 4.39 Å². The van der Waals surface area contributed by atoms with Crippen LogP contribution in [0.5, 0.6) is 0 Å². The van der Waals surface area contributed by atoms with Gasteiger partial charge < -0.3 is 9.51 Å². The second-order valence-electron chi connectivity index (χ2n) is 5.15. The molecule has 6 nitrogen and oxygen atoms in total. The van der Waals surface area contributed by atoms with Gasteiger partial charge in [-0.25, -0.2) is 9.18 Å². The van der Waals surface area contributed by atoms with Crippen LogP contribution in [-0.4, -0.2) is 19.7 Å². The summed E-state index contributed by atoms with van der Waals surface area (Å²) in [6.07, 6.45) is 0. The van der Waals surface area contributed by atoms with Gasteiger partial charge in [0.1, 0.15) is 5.82 Å². The molecule has 2 aromatic carbocycles. The second kappa shape index (κ2) is 4.91. The standard InChI is InChI=1S/C16H11FN4O2/c1-21-13-7-4-10(8-12(13)18-16(21)22)14-19-15(23-20-14)9-2-5-11(17)6-3-9/h2-8H,1H3,(H,18,22). The molecule has 0 spiro atoms. The van der Waals surface area contributed by atoms with E-state index in [0.717, 1.165) is 11.1 Å². The lowest BCUT2D eigenvalue weighted by atomic mass is 10.2. The lowest BCUT2D eigenvalue weighted by Crippen LogP contribution is -2.11. The number of nitrogens with zero attached hydrogens (tertiary/aromatic N) is 3. The van der Waals surface area contributed by atoms with Crippen LogP contribution in [0.15, 0.2) is 51.8 Å². The number of hydrogen-bond acceptors (Lipinski definition) is 4. The van der Waals surface area contributed by atoms with Crippen molar-refractivity contribution in [2.45, 2.75) is 0 Å². The fraction of sp³-hybridized carbons (Fsp3) is 0.0625. The van der Waals surface area contributed by atoms with Gasteiger partial charge in [0.25, 0.3) is 5.89 Å². The quantitative estimate of drug-likeness (QED) is 0.617. The van der Waals surface area contributed by atoms with Gasteiger partial charge in [-0.1, -0.05) is 5.16 Å². The van der Waals surface area contributed by atoms with E-state index in [1.165, 1.54) is 16.7 Å². The van der Waals surface area contributed by atoms with Crippen LogP contribution in [0.2, 0.25) is 0 Å². The molecular formula is C16H11FN4O2. The number of rotatable bonds is 2. The van der Waals surface area contributed by atoms with E-state index in [2.05, 4.69) is 15.1 Å². The molecule has 0 unspecified atom stereocenters. The van der Waals surface area contributed by atoms with E-state index < -0.39 is 0 Å². The summed E-state index contributed by atoms with van der Waals surface area (Å²) in [4.78, 5) is 18.7. The van der Waals surface area contributed by atoms with Gasteiger partial charge in [0, 0.05) is 18.2 Å². The Kier molecular flexibility index (Phi) is 2.87. The van der Waals surface area contributed by atoms with Gasteiger partial charge in [-0.3, -0.25) is 4.57 Å². The molecule has 23 heavy (non-hydrogen) atoms. The average Bonchev–Trinajstić information content (AvgIpc) is 3.14. The number of hydrogen-bond donors (Lipinski definition) is 1. The van der Waals surface area contributed by atoms with Crippen molar-refractivity contribution in [1.82, 2.24) is 19.7 Å². The molecule has 0 radical (unpaired) electrons. The lowest BCUT2D eigenvalue weighted by Gasteiger charge is -1.96. The maximum absolute atomic E-state index is 13.0. The molecular weight excluding hydrogens is 299 g/mol. The van der Waals surface area contributed by atoms with Crippen molar-refractivity contribution in [3.63, 3.8) is 0 Å². The summed E-state index contributed by atoms with van der Waals surface area (Å²) in [5.74, 6) is 0.379. The number of benzene rings is 2. The highest BCUT2D eigenvalue weighted by atomic mass is 19.1. The third-order valence-electron chi connectivity index (χ3n) is 3.68. The molecule has 0 amide bonds. The Labute approximate surface area is 129 Å². The molecule has 0 fully saturated rings. The first-order chi connectivity index (χ1) is 11.1. The normalized spacial score (nSPS) is 11.2. The Hall–Kier alpha value is -3.22. The number of aromatic nitrogens is 4. The summed E-state index contributed by atoms with van der Waals surface area (Å²) in [6, 6.07) is 11.2. The van der Waals surface area contributed by atoms with Crippen molar-refractivity contribution in [3.8, 4) is 22.8 Å². The van der Waals surface area contributed by atoms with E-state index >= 15 is 0 Å². The minimum absolute atomic E-state index is 0.183. The average molecular weight is 310 g/mol. The highest BCUT2D eigenvalue weighted by Gasteiger charge is 2.12. The van der Waals surface area contributed by atoms with Gasteiger partial charge in [-0.2, -0.15) is 4.98 Å². The van der Waals surface area contributed by atoms with Gasteiger partial charge in [0.2, 0.25) is 5.82 Å².